The number of esters is 1. The summed E-state index contributed by atoms with van der Waals surface area (Å²) in [5.74, 6) is 6.77. The Labute approximate surface area is 286 Å². The van der Waals surface area contributed by atoms with Crippen molar-refractivity contribution >= 4 is 54.8 Å². The molecule has 2 aromatic heterocycles. The Morgan fingerprint density at radius 1 is 0.978 bits per heavy atom. The van der Waals surface area contributed by atoms with Crippen molar-refractivity contribution in [2.24, 2.45) is 0 Å². The van der Waals surface area contributed by atoms with E-state index in [0.29, 0.717) is 48.1 Å². The maximum Gasteiger partial charge on any atom is 0.323 e. The zero-order valence-corrected chi connectivity index (χ0v) is 29.5. The fraction of sp³-hybridized carbons (Fsp3) is 0.314. The van der Waals surface area contributed by atoms with Crippen molar-refractivity contribution in [3.63, 3.8) is 0 Å². The molecule has 242 valence electrons. The number of nitrogens with zero attached hydrogens (tertiary/aromatic N) is 2. The number of nitrogens with one attached hydrogen (secondary N) is 2. The third kappa shape index (κ3) is 12.8. The van der Waals surface area contributed by atoms with Gasteiger partial charge < -0.3 is 15.8 Å². The van der Waals surface area contributed by atoms with Gasteiger partial charge in [-0.15, -0.1) is 17.4 Å². The molecule has 4 aromatic rings. The fourth-order valence-corrected chi connectivity index (χ4v) is 4.95. The smallest absolute Gasteiger partial charge is 0.323 e. The van der Waals surface area contributed by atoms with Crippen LogP contribution in [-0.4, -0.2) is 55.1 Å². The molecule has 0 amide bonds. The number of nitrogen functional groups attached to an aromatic ring is 1. The van der Waals surface area contributed by atoms with Gasteiger partial charge in [0.25, 0.3) is 14.1 Å². The molecule has 1 aliphatic heterocycles. The zero-order valence-electron chi connectivity index (χ0n) is 26.8. The minimum absolute atomic E-state index is 0.139. The molecule has 0 spiro atoms. The Hall–Kier alpha value is -3.29. The van der Waals surface area contributed by atoms with Crippen LogP contribution in [-0.2, 0) is 46.7 Å². The SMILES string of the molecule is COC(=O)[C@@H](Cc1ccccn1)NCc1ccc(Cl)cc1N.O=C1Cc2cc(Cl)ccc2CN[C@@H]1Cc1ccccn1.[CH3][Al]([CH3])[CH3]. The second-order valence-corrected chi connectivity index (χ2v) is 15.9. The number of hydrogen-bond acceptors (Lipinski definition) is 8. The van der Waals surface area contributed by atoms with Crippen LogP contribution in [0.3, 0.4) is 0 Å². The molecule has 0 radical (unpaired) electrons. The minimum Gasteiger partial charge on any atom is -0.468 e. The lowest BCUT2D eigenvalue weighted by molar-refractivity contribution is -0.143. The summed E-state index contributed by atoms with van der Waals surface area (Å²) in [6.07, 6.45) is 4.95. The molecule has 0 aliphatic carbocycles. The minimum atomic E-state index is -0.491. The van der Waals surface area contributed by atoms with Gasteiger partial charge in [-0.3, -0.25) is 24.9 Å². The number of carbonyl (C=O) groups excluding carboxylic acids is 2. The van der Waals surface area contributed by atoms with Crippen molar-refractivity contribution in [3.05, 3.63) is 123 Å². The van der Waals surface area contributed by atoms with Crippen LogP contribution >= 0.6 is 23.2 Å². The standard InChI is InChI=1S/C16H18ClN3O2.C16H15ClN2O.3CH3.Al/c1-22-16(21)15(9-13-4-2-3-7-19-13)20-10-11-5-6-12(17)8-14(11)18;17-13-5-4-11-10-19-15(16(20)8-12(11)7-13)9-14-3-1-2-6-18-14;;;;/h2-8,15,20H,9-10,18H2,1H3;1-7,15,19H,8-10H2;3*1H3;/t2*15-;;;;/m11..../s1. The molecule has 0 fully saturated rings. The van der Waals surface area contributed by atoms with Gasteiger partial charge in [0.15, 0.2) is 5.78 Å². The van der Waals surface area contributed by atoms with Crippen LogP contribution < -0.4 is 16.4 Å². The molecule has 11 heteroatoms. The van der Waals surface area contributed by atoms with Gasteiger partial charge in [-0.1, -0.05) is 47.5 Å². The lowest BCUT2D eigenvalue weighted by Gasteiger charge is -2.17. The molecule has 0 saturated heterocycles. The summed E-state index contributed by atoms with van der Waals surface area (Å²) in [6.45, 7) is 1.13. The van der Waals surface area contributed by atoms with Crippen LogP contribution in [0.1, 0.15) is 28.1 Å². The molecular formula is C35H42AlCl2N5O3. The van der Waals surface area contributed by atoms with Crippen LogP contribution in [0, 0.1) is 0 Å². The van der Waals surface area contributed by atoms with E-state index in [1.807, 2.05) is 60.7 Å². The van der Waals surface area contributed by atoms with Crippen molar-refractivity contribution in [3.8, 4) is 0 Å². The maximum atomic E-state index is 12.4. The molecule has 2 aromatic carbocycles. The number of rotatable bonds is 8. The molecular weight excluding hydrogens is 636 g/mol. The average Bonchev–Trinajstić information content (AvgIpc) is 3.18. The predicted octanol–water partition coefficient (Wildman–Crippen LogP) is 6.12. The van der Waals surface area contributed by atoms with Crippen molar-refractivity contribution in [2.75, 3.05) is 12.8 Å². The van der Waals surface area contributed by atoms with Gasteiger partial charge >= 0.3 is 5.97 Å². The van der Waals surface area contributed by atoms with E-state index in [4.69, 9.17) is 33.7 Å². The molecule has 0 saturated carbocycles. The topological polar surface area (TPSA) is 119 Å². The van der Waals surface area contributed by atoms with Gasteiger partial charge in [-0.2, -0.15) is 0 Å². The first kappa shape index (κ1) is 37.2. The first-order valence-electron chi connectivity index (χ1n) is 15.2. The van der Waals surface area contributed by atoms with Gasteiger partial charge in [0.05, 0.1) is 13.2 Å². The quantitative estimate of drug-likeness (QED) is 0.116. The van der Waals surface area contributed by atoms with Gasteiger partial charge in [-0.05, 0) is 65.2 Å². The van der Waals surface area contributed by atoms with E-state index in [0.717, 1.165) is 28.1 Å². The Balaban J connectivity index is 0.000000225. The lowest BCUT2D eigenvalue weighted by atomic mass is 10.00. The molecule has 8 nitrogen and oxygen atoms in total. The number of ether oxygens (including phenoxy) is 1. The van der Waals surface area contributed by atoms with Gasteiger partial charge in [0.1, 0.15) is 6.04 Å². The number of ketones is 1. The number of aromatic nitrogens is 2. The number of Topliss-reactive ketones (excluding diaryl/α,β-unsaturated/α-hetero) is 1. The normalized spacial score (nSPS) is 14.3. The molecule has 4 N–H and O–H groups in total. The van der Waals surface area contributed by atoms with Crippen molar-refractivity contribution in [1.82, 2.24) is 20.6 Å². The fourth-order valence-electron chi connectivity index (χ4n) is 4.57. The number of pyridine rings is 2. The van der Waals surface area contributed by atoms with Crippen LogP contribution in [0.25, 0.3) is 0 Å². The van der Waals surface area contributed by atoms with Crippen LogP contribution in [0.2, 0.25) is 27.4 Å². The Morgan fingerprint density at radius 3 is 2.22 bits per heavy atom. The molecule has 46 heavy (non-hydrogen) atoms. The summed E-state index contributed by atoms with van der Waals surface area (Å²) in [4.78, 5) is 32.8. The zero-order chi connectivity index (χ0) is 33.5. The Morgan fingerprint density at radius 2 is 1.61 bits per heavy atom. The van der Waals surface area contributed by atoms with Gasteiger partial charge in [0.2, 0.25) is 0 Å². The summed E-state index contributed by atoms with van der Waals surface area (Å²) in [7, 11) is 1.37. The molecule has 1 aliphatic rings. The average molecular weight is 679 g/mol. The van der Waals surface area contributed by atoms with Crippen LogP contribution in [0.15, 0.2) is 85.2 Å². The number of nitrogens with two attached hydrogens (primary N) is 1. The van der Waals surface area contributed by atoms with Crippen LogP contribution in [0.5, 0.6) is 0 Å². The van der Waals surface area contributed by atoms with E-state index in [1.54, 1.807) is 24.5 Å². The first-order valence-corrected chi connectivity index (χ1v) is 19.5. The molecule has 3 heterocycles. The molecule has 0 unspecified atom stereocenters. The molecule has 2 atom stereocenters. The van der Waals surface area contributed by atoms with Crippen molar-refractivity contribution < 1.29 is 14.3 Å². The number of fused-ring (bicyclic) bond motifs is 1. The van der Waals surface area contributed by atoms with E-state index >= 15 is 0 Å². The van der Waals surface area contributed by atoms with Gasteiger partial charge in [0, 0.05) is 71.9 Å². The van der Waals surface area contributed by atoms with Gasteiger partial charge in [-0.25, -0.2) is 0 Å². The third-order valence-corrected chi connectivity index (χ3v) is 7.34. The number of anilines is 1. The van der Waals surface area contributed by atoms with Crippen molar-refractivity contribution in [1.29, 1.82) is 0 Å². The highest BCUT2D eigenvalue weighted by Crippen LogP contribution is 2.21. The monoisotopic (exact) mass is 677 g/mol. The van der Waals surface area contributed by atoms with E-state index in [2.05, 4.69) is 38.0 Å². The molecule has 0 bridgehead atoms. The highest BCUT2D eigenvalue weighted by atomic mass is 35.5. The number of benzene rings is 2. The second-order valence-electron chi connectivity index (χ2n) is 11.6. The third-order valence-electron chi connectivity index (χ3n) is 6.87. The Bertz CT molecular complexity index is 1540. The number of methoxy groups -OCH3 is 1. The van der Waals surface area contributed by atoms with Crippen molar-refractivity contribution in [2.45, 2.75) is 61.8 Å². The highest BCUT2D eigenvalue weighted by molar-refractivity contribution is 6.54. The summed E-state index contributed by atoms with van der Waals surface area (Å²) in [5.41, 5.74) is 11.3. The van der Waals surface area contributed by atoms with E-state index in [1.165, 1.54) is 7.11 Å². The first-order chi connectivity index (χ1) is 22.0. The second kappa shape index (κ2) is 19.4. The summed E-state index contributed by atoms with van der Waals surface area (Å²) < 4.78 is 4.84. The summed E-state index contributed by atoms with van der Waals surface area (Å²) in [5, 5.41) is 7.74. The van der Waals surface area contributed by atoms with Crippen LogP contribution in [0.4, 0.5) is 5.69 Å². The number of carbonyl (C=O) groups is 2. The van der Waals surface area contributed by atoms with E-state index in [9.17, 15) is 9.59 Å². The van der Waals surface area contributed by atoms with E-state index < -0.39 is 6.04 Å². The number of hydrogen-bond donors (Lipinski definition) is 3. The summed E-state index contributed by atoms with van der Waals surface area (Å²) in [6, 6.07) is 21.7. The highest BCUT2D eigenvalue weighted by Gasteiger charge is 2.24. The summed E-state index contributed by atoms with van der Waals surface area (Å²) >= 11 is 11.7. The largest absolute Gasteiger partial charge is 0.468 e. The lowest BCUT2D eigenvalue weighted by Crippen LogP contribution is -2.39. The van der Waals surface area contributed by atoms with E-state index in [-0.39, 0.29) is 31.9 Å². The predicted molar refractivity (Wildman–Crippen MR) is 189 cm³/mol. The Kier molecular flexibility index (Phi) is 15.7. The molecule has 5 rings (SSSR count). The number of halogens is 2. The maximum absolute atomic E-state index is 12.4.